The maximum Gasteiger partial charge on any atom is 0.433 e. The Bertz CT molecular complexity index is 778. The summed E-state index contributed by atoms with van der Waals surface area (Å²) >= 11 is 1.64. The minimum absolute atomic E-state index is 0.148. The summed E-state index contributed by atoms with van der Waals surface area (Å²) in [6.45, 7) is 6.88. The van der Waals surface area contributed by atoms with Crippen molar-refractivity contribution in [1.29, 1.82) is 0 Å². The molecule has 9 heteroatoms. The molecule has 2 aromatic rings. The molecular formula is C19H23F3N4OS. The fraction of sp³-hybridized carbons (Fsp3) is 0.474. The quantitative estimate of drug-likeness (QED) is 0.654. The number of piperazine rings is 1. The predicted octanol–water partition coefficient (Wildman–Crippen LogP) is 4.42. The number of aryl methyl sites for hydroxylation is 1. The highest BCUT2D eigenvalue weighted by molar-refractivity contribution is 7.97. The Labute approximate surface area is 167 Å². The molecule has 0 bridgehead atoms. The monoisotopic (exact) mass is 412 g/mol. The van der Waals surface area contributed by atoms with Crippen LogP contribution in [0.2, 0.25) is 0 Å². The van der Waals surface area contributed by atoms with Gasteiger partial charge >= 0.3 is 6.18 Å². The van der Waals surface area contributed by atoms with Gasteiger partial charge in [-0.2, -0.15) is 13.2 Å². The molecule has 0 saturated carbocycles. The molecule has 1 aromatic heterocycles. The number of anilines is 1. The van der Waals surface area contributed by atoms with E-state index in [1.54, 1.807) is 23.8 Å². The van der Waals surface area contributed by atoms with Gasteiger partial charge in [-0.15, -0.1) is 0 Å². The molecule has 2 heterocycles. The summed E-state index contributed by atoms with van der Waals surface area (Å²) in [6.07, 6.45) is -3.50. The topological polar surface area (TPSA) is 41.5 Å². The number of ether oxygens (including phenoxy) is 1. The van der Waals surface area contributed by atoms with Gasteiger partial charge in [-0.05, 0) is 55.6 Å². The highest BCUT2D eigenvalue weighted by Crippen LogP contribution is 2.30. The largest absolute Gasteiger partial charge is 0.494 e. The van der Waals surface area contributed by atoms with Gasteiger partial charge in [0.2, 0.25) is 5.95 Å². The van der Waals surface area contributed by atoms with Crippen molar-refractivity contribution in [3.8, 4) is 5.75 Å². The van der Waals surface area contributed by atoms with Crippen LogP contribution in [0.25, 0.3) is 0 Å². The van der Waals surface area contributed by atoms with Gasteiger partial charge in [0.1, 0.15) is 11.4 Å². The highest BCUT2D eigenvalue weighted by atomic mass is 32.2. The normalized spacial score (nSPS) is 15.7. The lowest BCUT2D eigenvalue weighted by Crippen LogP contribution is -2.44. The third-order valence-electron chi connectivity index (χ3n) is 4.19. The van der Waals surface area contributed by atoms with Crippen LogP contribution in [0.3, 0.4) is 0 Å². The predicted molar refractivity (Wildman–Crippen MR) is 104 cm³/mol. The molecule has 0 unspecified atom stereocenters. The first-order chi connectivity index (χ1) is 13.3. The molecule has 1 aromatic carbocycles. The summed E-state index contributed by atoms with van der Waals surface area (Å²) in [4.78, 5) is 10.8. The molecule has 1 fully saturated rings. The van der Waals surface area contributed by atoms with Gasteiger partial charge in [0, 0.05) is 36.8 Å². The van der Waals surface area contributed by atoms with Crippen molar-refractivity contribution in [1.82, 2.24) is 14.3 Å². The van der Waals surface area contributed by atoms with Gasteiger partial charge in [-0.25, -0.2) is 14.3 Å². The lowest BCUT2D eigenvalue weighted by atomic mass is 10.3. The molecule has 0 atom stereocenters. The molecule has 3 rings (SSSR count). The lowest BCUT2D eigenvalue weighted by Gasteiger charge is -2.34. The molecule has 5 nitrogen and oxygen atoms in total. The zero-order valence-electron chi connectivity index (χ0n) is 15.9. The first kappa shape index (κ1) is 20.7. The van der Waals surface area contributed by atoms with Crippen LogP contribution in [-0.4, -0.2) is 47.1 Å². The van der Waals surface area contributed by atoms with Gasteiger partial charge in [0.25, 0.3) is 0 Å². The zero-order chi connectivity index (χ0) is 20.1. The maximum atomic E-state index is 13.0. The minimum Gasteiger partial charge on any atom is -0.494 e. The van der Waals surface area contributed by atoms with E-state index in [0.717, 1.165) is 23.1 Å². The smallest absolute Gasteiger partial charge is 0.433 e. The summed E-state index contributed by atoms with van der Waals surface area (Å²) in [6, 6.07) is 8.91. The Balaban J connectivity index is 1.57. The van der Waals surface area contributed by atoms with Crippen molar-refractivity contribution < 1.29 is 17.9 Å². The Morgan fingerprint density at radius 2 is 1.75 bits per heavy atom. The second kappa shape index (κ2) is 9.00. The van der Waals surface area contributed by atoms with Crippen LogP contribution < -0.4 is 9.64 Å². The summed E-state index contributed by atoms with van der Waals surface area (Å²) in [5.41, 5.74) is -0.573. The number of hydrogen-bond donors (Lipinski definition) is 0. The zero-order valence-corrected chi connectivity index (χ0v) is 16.7. The van der Waals surface area contributed by atoms with Gasteiger partial charge in [-0.1, -0.05) is 6.92 Å². The number of aromatic nitrogens is 2. The van der Waals surface area contributed by atoms with E-state index in [1.165, 1.54) is 0 Å². The van der Waals surface area contributed by atoms with Gasteiger partial charge in [-0.3, -0.25) is 0 Å². The average Bonchev–Trinajstić information content (AvgIpc) is 2.67. The third kappa shape index (κ3) is 5.51. The van der Waals surface area contributed by atoms with E-state index in [4.69, 9.17) is 4.74 Å². The number of halogens is 3. The molecular weight excluding hydrogens is 389 g/mol. The summed E-state index contributed by atoms with van der Waals surface area (Å²) in [5, 5.41) is 0. The van der Waals surface area contributed by atoms with Crippen LogP contribution in [0.4, 0.5) is 19.1 Å². The molecule has 0 amide bonds. The fourth-order valence-corrected chi connectivity index (χ4v) is 3.69. The van der Waals surface area contributed by atoms with Crippen LogP contribution in [0.5, 0.6) is 5.75 Å². The molecule has 1 saturated heterocycles. The Morgan fingerprint density at radius 1 is 1.07 bits per heavy atom. The number of alkyl halides is 3. The minimum atomic E-state index is -4.47. The van der Waals surface area contributed by atoms with Crippen LogP contribution in [0.1, 0.15) is 24.7 Å². The van der Waals surface area contributed by atoms with Crippen LogP contribution >= 0.6 is 11.9 Å². The molecule has 152 valence electrons. The lowest BCUT2D eigenvalue weighted by molar-refractivity contribution is -0.141. The summed E-state index contributed by atoms with van der Waals surface area (Å²) in [7, 11) is 0. The standard InChI is InChI=1S/C19H23F3N4OS/c1-3-12-27-15-4-6-16(7-5-15)28-26-10-8-25(9-11-26)18-23-14(2)13-17(24-18)19(20,21)22/h4-7,13H,3,8-12H2,1-2H3. The fourth-order valence-electron chi connectivity index (χ4n) is 2.78. The molecule has 0 spiro atoms. The van der Waals surface area contributed by atoms with Crippen molar-refractivity contribution in [2.45, 2.75) is 31.3 Å². The van der Waals surface area contributed by atoms with Crippen LogP contribution in [0, 0.1) is 6.92 Å². The van der Waals surface area contributed by atoms with Crippen molar-refractivity contribution in [3.05, 3.63) is 41.7 Å². The number of rotatable bonds is 6. The van der Waals surface area contributed by atoms with Crippen molar-refractivity contribution >= 4 is 17.9 Å². The SMILES string of the molecule is CCCOc1ccc(SN2CCN(c3nc(C)cc(C(F)(F)F)n3)CC2)cc1. The second-order valence-corrected chi connectivity index (χ2v) is 7.69. The van der Waals surface area contributed by atoms with Gasteiger partial charge < -0.3 is 9.64 Å². The number of nitrogens with zero attached hydrogens (tertiary/aromatic N) is 4. The third-order valence-corrected chi connectivity index (χ3v) is 5.29. The first-order valence-electron chi connectivity index (χ1n) is 9.19. The molecule has 1 aliphatic heterocycles. The Hall–Kier alpha value is -2.00. The Kier molecular flexibility index (Phi) is 6.66. The van der Waals surface area contributed by atoms with Crippen molar-refractivity contribution in [2.24, 2.45) is 0 Å². The molecule has 28 heavy (non-hydrogen) atoms. The van der Waals surface area contributed by atoms with E-state index in [1.807, 2.05) is 24.3 Å². The average molecular weight is 412 g/mol. The number of hydrogen-bond acceptors (Lipinski definition) is 6. The summed E-state index contributed by atoms with van der Waals surface area (Å²) < 4.78 is 46.7. The number of benzene rings is 1. The van der Waals surface area contributed by atoms with E-state index < -0.39 is 11.9 Å². The molecule has 0 N–H and O–H groups in total. The van der Waals surface area contributed by atoms with Gasteiger partial charge in [0.15, 0.2) is 0 Å². The van der Waals surface area contributed by atoms with Gasteiger partial charge in [0.05, 0.1) is 6.61 Å². The van der Waals surface area contributed by atoms with Crippen molar-refractivity contribution in [3.63, 3.8) is 0 Å². The van der Waals surface area contributed by atoms with Crippen molar-refractivity contribution in [2.75, 3.05) is 37.7 Å². The first-order valence-corrected chi connectivity index (χ1v) is 9.96. The van der Waals surface area contributed by atoms with E-state index >= 15 is 0 Å². The van der Waals surface area contributed by atoms with E-state index in [0.29, 0.717) is 38.5 Å². The molecule has 0 aliphatic carbocycles. The van der Waals surface area contributed by atoms with E-state index in [-0.39, 0.29) is 5.95 Å². The van der Waals surface area contributed by atoms with E-state index in [2.05, 4.69) is 21.2 Å². The van der Waals surface area contributed by atoms with E-state index in [9.17, 15) is 13.2 Å². The highest BCUT2D eigenvalue weighted by Gasteiger charge is 2.34. The molecule has 0 radical (unpaired) electrons. The van der Waals surface area contributed by atoms with Crippen LogP contribution in [-0.2, 0) is 6.18 Å². The maximum absolute atomic E-state index is 13.0. The van der Waals surface area contributed by atoms with Crippen LogP contribution in [0.15, 0.2) is 35.2 Å². The Morgan fingerprint density at radius 3 is 2.36 bits per heavy atom. The second-order valence-electron chi connectivity index (χ2n) is 6.52. The molecule has 1 aliphatic rings. The summed E-state index contributed by atoms with van der Waals surface area (Å²) in [5.74, 6) is 1.00.